The number of unbranched alkanes of at least 4 members (excludes halogenated alkanes) is 2. The van der Waals surface area contributed by atoms with Crippen LogP contribution in [0.1, 0.15) is 39.5 Å². The van der Waals surface area contributed by atoms with E-state index in [2.05, 4.69) is 64.4 Å². The van der Waals surface area contributed by atoms with Crippen molar-refractivity contribution in [2.75, 3.05) is 13.2 Å². The molecule has 0 unspecified atom stereocenters. The van der Waals surface area contributed by atoms with Gasteiger partial charge in [0.1, 0.15) is 0 Å². The fourth-order valence-electron chi connectivity index (χ4n) is 0.648. The first kappa shape index (κ1) is 24.1. The average Bonchev–Trinajstić information content (AvgIpc) is 2.18. The molecule has 0 atom stereocenters. The summed E-state index contributed by atoms with van der Waals surface area (Å²) in [5, 5.41) is 0. The van der Waals surface area contributed by atoms with Crippen LogP contribution in [0.5, 0.6) is 0 Å². The van der Waals surface area contributed by atoms with Crippen molar-refractivity contribution >= 4 is 50.5 Å². The van der Waals surface area contributed by atoms with Crippen molar-refractivity contribution in [1.82, 2.24) is 0 Å². The third-order valence-corrected chi connectivity index (χ3v) is 2.05. The van der Waals surface area contributed by atoms with E-state index in [1.165, 1.54) is 0 Å². The molecule has 0 aromatic heterocycles. The first-order valence-corrected chi connectivity index (χ1v) is 7.29. The standard InChI is InChI=1S/2C5H12OS2.Pt/c2*1-2-3-4-6-5(7)8;/h2*5,7-8H,2-4H2,1H3;/q;;+4/p-4. The third-order valence-electron chi connectivity index (χ3n) is 1.50. The van der Waals surface area contributed by atoms with E-state index in [0.717, 1.165) is 25.7 Å². The minimum absolute atomic E-state index is 0. The van der Waals surface area contributed by atoms with Gasteiger partial charge >= 0.3 is 21.1 Å². The van der Waals surface area contributed by atoms with Gasteiger partial charge in [-0.3, -0.25) is 0 Å². The smallest absolute Gasteiger partial charge is 0.788 e. The molecule has 0 aliphatic rings. The van der Waals surface area contributed by atoms with Crippen LogP contribution in [0.15, 0.2) is 0 Å². The van der Waals surface area contributed by atoms with Crippen molar-refractivity contribution in [2.45, 2.75) is 49.1 Å². The van der Waals surface area contributed by atoms with Crippen LogP contribution in [0.4, 0.5) is 0 Å². The Hall–Kier alpha value is 2.01. The first-order chi connectivity index (χ1) is 7.54. The van der Waals surface area contributed by atoms with Gasteiger partial charge in [-0.15, -0.1) is 0 Å². The normalized spacial score (nSPS) is 9.88. The third kappa shape index (κ3) is 32.0. The second-order valence-corrected chi connectivity index (χ2v) is 5.34. The van der Waals surface area contributed by atoms with Gasteiger partial charge in [0.2, 0.25) is 0 Å². The zero-order valence-electron chi connectivity index (χ0n) is 10.2. The topological polar surface area (TPSA) is 18.5 Å². The summed E-state index contributed by atoms with van der Waals surface area (Å²) in [6, 6.07) is 0. The summed E-state index contributed by atoms with van der Waals surface area (Å²) in [7, 11) is 0. The molecule has 0 heterocycles. The largest absolute Gasteiger partial charge is 4.00 e. The Bertz CT molecular complexity index is 115. The summed E-state index contributed by atoms with van der Waals surface area (Å²) in [6.07, 6.45) is 4.39. The number of ether oxygens (including phenoxy) is 2. The molecule has 0 spiro atoms. The van der Waals surface area contributed by atoms with Crippen LogP contribution in [0.2, 0.25) is 0 Å². The quantitative estimate of drug-likeness (QED) is 0.378. The Morgan fingerprint density at radius 2 is 1.06 bits per heavy atom. The maximum atomic E-state index is 4.91. The van der Waals surface area contributed by atoms with Crippen molar-refractivity contribution in [1.29, 1.82) is 0 Å². The van der Waals surface area contributed by atoms with Crippen LogP contribution >= 0.6 is 0 Å². The molecule has 0 aromatic carbocycles. The predicted molar refractivity (Wildman–Crippen MR) is 78.8 cm³/mol. The molecule has 0 aliphatic carbocycles. The minimum Gasteiger partial charge on any atom is -0.788 e. The molecule has 0 aromatic rings. The zero-order chi connectivity index (χ0) is 12.8. The maximum Gasteiger partial charge on any atom is 4.00 e. The Morgan fingerprint density at radius 3 is 1.24 bits per heavy atom. The van der Waals surface area contributed by atoms with E-state index < -0.39 is 9.54 Å². The minimum atomic E-state index is -0.429. The number of rotatable bonds is 8. The van der Waals surface area contributed by atoms with Gasteiger partial charge in [0.25, 0.3) is 0 Å². The molecule has 0 aliphatic heterocycles. The molecule has 0 saturated heterocycles. The molecule has 0 N–H and O–H groups in total. The summed E-state index contributed by atoms with van der Waals surface area (Å²) < 4.78 is 8.97. The van der Waals surface area contributed by atoms with Crippen molar-refractivity contribution in [3.05, 3.63) is 0 Å². The zero-order valence-corrected chi connectivity index (χ0v) is 15.7. The van der Waals surface area contributed by atoms with Crippen LogP contribution in [0, 0.1) is 0 Å². The molecule has 0 fully saturated rings. The summed E-state index contributed by atoms with van der Waals surface area (Å²) >= 11 is 18.3. The van der Waals surface area contributed by atoms with Gasteiger partial charge in [-0.05, 0) is 12.8 Å². The van der Waals surface area contributed by atoms with E-state index in [0.29, 0.717) is 13.2 Å². The monoisotopic (exact) mass is 495 g/mol. The van der Waals surface area contributed by atoms with Crippen molar-refractivity contribution in [3.63, 3.8) is 0 Å². The second kappa shape index (κ2) is 20.3. The Kier molecular flexibility index (Phi) is 28.8. The van der Waals surface area contributed by atoms with E-state index in [1.807, 2.05) is 0 Å². The summed E-state index contributed by atoms with van der Waals surface area (Å²) in [5.74, 6) is 0. The number of hydrogen-bond acceptors (Lipinski definition) is 6. The van der Waals surface area contributed by atoms with Crippen LogP contribution < -0.4 is 0 Å². The molecule has 0 radical (unpaired) electrons. The second-order valence-electron chi connectivity index (χ2n) is 3.03. The van der Waals surface area contributed by atoms with Crippen LogP contribution in [-0.4, -0.2) is 22.7 Å². The average molecular weight is 496 g/mol. The van der Waals surface area contributed by atoms with Gasteiger partial charge in [-0.2, -0.15) is 9.54 Å². The fourth-order valence-corrected chi connectivity index (χ4v) is 1.03. The van der Waals surface area contributed by atoms with Crippen molar-refractivity contribution in [3.8, 4) is 0 Å². The molecule has 0 amide bonds. The van der Waals surface area contributed by atoms with Gasteiger partial charge in [0.05, 0.1) is 0 Å². The van der Waals surface area contributed by atoms with Gasteiger partial charge in [0, 0.05) is 13.2 Å². The van der Waals surface area contributed by atoms with Crippen LogP contribution in [0.3, 0.4) is 0 Å². The van der Waals surface area contributed by atoms with Crippen LogP contribution in [0.25, 0.3) is 0 Å². The molecule has 0 rings (SSSR count). The van der Waals surface area contributed by atoms with Crippen molar-refractivity contribution < 1.29 is 30.5 Å². The van der Waals surface area contributed by atoms with E-state index in [-0.39, 0.29) is 21.1 Å². The first-order valence-electron chi connectivity index (χ1n) is 5.41. The summed E-state index contributed by atoms with van der Waals surface area (Å²) in [6.45, 7) is 5.64. The SMILES string of the molecule is CCCCOC([S-])[S-].CCCCOC([S-])[S-].[Pt+4]. The fraction of sp³-hybridized carbons (Fsp3) is 1.00. The molecule has 106 valence electrons. The summed E-state index contributed by atoms with van der Waals surface area (Å²) in [5.41, 5.74) is 0. The molecular formula is C10H20O2PtS4. The molecule has 7 heteroatoms. The van der Waals surface area contributed by atoms with Crippen LogP contribution in [-0.2, 0) is 81.1 Å². The Balaban J connectivity index is -0.000000218. The Morgan fingerprint density at radius 1 is 0.765 bits per heavy atom. The van der Waals surface area contributed by atoms with E-state index in [4.69, 9.17) is 9.47 Å². The molecule has 17 heavy (non-hydrogen) atoms. The summed E-state index contributed by atoms with van der Waals surface area (Å²) in [4.78, 5) is 0. The molecule has 0 bridgehead atoms. The van der Waals surface area contributed by atoms with Gasteiger partial charge in [-0.25, -0.2) is 0 Å². The van der Waals surface area contributed by atoms with Gasteiger partial charge in [-0.1, -0.05) is 26.7 Å². The maximum absolute atomic E-state index is 4.91. The predicted octanol–water partition coefficient (Wildman–Crippen LogP) is 2.36. The molecule has 2 nitrogen and oxygen atoms in total. The van der Waals surface area contributed by atoms with Crippen molar-refractivity contribution in [2.24, 2.45) is 0 Å². The van der Waals surface area contributed by atoms with E-state index in [9.17, 15) is 0 Å². The van der Waals surface area contributed by atoms with E-state index in [1.54, 1.807) is 0 Å². The molecule has 0 saturated carbocycles. The Labute approximate surface area is 142 Å². The molecular weight excluding hydrogens is 475 g/mol. The van der Waals surface area contributed by atoms with Gasteiger partial charge < -0.3 is 60.0 Å². The van der Waals surface area contributed by atoms with E-state index >= 15 is 0 Å². The number of hydrogen-bond donors (Lipinski definition) is 0. The van der Waals surface area contributed by atoms with Gasteiger partial charge in [0.15, 0.2) is 0 Å².